The number of nitrogens with one attached hydrogen (secondary N) is 2. The summed E-state index contributed by atoms with van der Waals surface area (Å²) in [6, 6.07) is 20.7. The van der Waals surface area contributed by atoms with Gasteiger partial charge in [0.05, 0.1) is 11.6 Å². The van der Waals surface area contributed by atoms with E-state index < -0.39 is 0 Å². The number of anilines is 2. The number of para-hydroxylation sites is 1. The zero-order valence-corrected chi connectivity index (χ0v) is 18.5. The first-order valence-corrected chi connectivity index (χ1v) is 10.9. The van der Waals surface area contributed by atoms with Crippen LogP contribution in [0.5, 0.6) is 11.5 Å². The first kappa shape index (κ1) is 22.4. The van der Waals surface area contributed by atoms with E-state index in [1.807, 2.05) is 12.1 Å². The number of benzene rings is 3. The third-order valence-electron chi connectivity index (χ3n) is 5.13. The highest BCUT2D eigenvalue weighted by atomic mass is 35.5. The molecule has 168 valence electrons. The molecule has 2 N–H and O–H groups in total. The van der Waals surface area contributed by atoms with E-state index in [1.54, 1.807) is 65.6 Å². The summed E-state index contributed by atoms with van der Waals surface area (Å²) in [6.45, 7) is 0.515. The second kappa shape index (κ2) is 10.2. The summed E-state index contributed by atoms with van der Waals surface area (Å²) in [5.74, 6) is 0.481. The zero-order chi connectivity index (χ0) is 23.2. The summed E-state index contributed by atoms with van der Waals surface area (Å²) < 4.78 is 5.72. The van der Waals surface area contributed by atoms with Crippen molar-refractivity contribution >= 4 is 40.7 Å². The van der Waals surface area contributed by atoms with Crippen molar-refractivity contribution in [2.45, 2.75) is 12.8 Å². The van der Waals surface area contributed by atoms with Crippen LogP contribution < -0.4 is 20.3 Å². The molecule has 1 aliphatic heterocycles. The second-order valence-electron chi connectivity index (χ2n) is 7.48. The van der Waals surface area contributed by atoms with E-state index in [2.05, 4.69) is 10.6 Å². The van der Waals surface area contributed by atoms with Crippen LogP contribution >= 0.6 is 11.6 Å². The molecule has 3 aromatic carbocycles. The van der Waals surface area contributed by atoms with Gasteiger partial charge in [0.1, 0.15) is 11.5 Å². The molecule has 7 nitrogen and oxygen atoms in total. The van der Waals surface area contributed by atoms with Crippen molar-refractivity contribution in [2.75, 3.05) is 23.3 Å². The molecule has 0 unspecified atom stereocenters. The highest BCUT2D eigenvalue weighted by molar-refractivity contribution is 6.32. The molecule has 0 bridgehead atoms. The molecule has 1 saturated heterocycles. The fraction of sp³-hybridized carbons (Fsp3) is 0.160. The van der Waals surface area contributed by atoms with E-state index >= 15 is 0 Å². The van der Waals surface area contributed by atoms with Gasteiger partial charge in [-0.2, -0.15) is 0 Å². The van der Waals surface area contributed by atoms with E-state index in [0.29, 0.717) is 40.7 Å². The van der Waals surface area contributed by atoms with Crippen LogP contribution in [0.1, 0.15) is 23.2 Å². The molecule has 1 heterocycles. The lowest BCUT2D eigenvalue weighted by Crippen LogP contribution is -2.32. The smallest absolute Gasteiger partial charge is 0.251 e. The normalized spacial score (nSPS) is 13.0. The summed E-state index contributed by atoms with van der Waals surface area (Å²) >= 11 is 6.09. The van der Waals surface area contributed by atoms with Crippen LogP contribution in [0.2, 0.25) is 5.02 Å². The molecule has 0 radical (unpaired) electrons. The summed E-state index contributed by atoms with van der Waals surface area (Å²) in [6.07, 6.45) is 1.39. The van der Waals surface area contributed by atoms with Crippen LogP contribution in [0.4, 0.5) is 11.4 Å². The maximum Gasteiger partial charge on any atom is 0.251 e. The quantitative estimate of drug-likeness (QED) is 0.535. The number of halogens is 1. The van der Waals surface area contributed by atoms with Crippen molar-refractivity contribution in [3.63, 3.8) is 0 Å². The van der Waals surface area contributed by atoms with Crippen molar-refractivity contribution in [1.82, 2.24) is 5.32 Å². The van der Waals surface area contributed by atoms with Gasteiger partial charge in [-0.1, -0.05) is 23.7 Å². The average Bonchev–Trinajstić information content (AvgIpc) is 3.26. The van der Waals surface area contributed by atoms with Crippen LogP contribution in [-0.4, -0.2) is 30.8 Å². The highest BCUT2D eigenvalue weighted by Crippen LogP contribution is 2.29. The predicted molar refractivity (Wildman–Crippen MR) is 127 cm³/mol. The third-order valence-corrected chi connectivity index (χ3v) is 5.44. The topological polar surface area (TPSA) is 87.7 Å². The molecule has 1 fully saturated rings. The van der Waals surface area contributed by atoms with Gasteiger partial charge < -0.3 is 20.3 Å². The Labute approximate surface area is 196 Å². The molecule has 4 rings (SSSR count). The van der Waals surface area contributed by atoms with Crippen LogP contribution in [0, 0.1) is 0 Å². The van der Waals surface area contributed by atoms with Crippen molar-refractivity contribution in [1.29, 1.82) is 0 Å². The summed E-state index contributed by atoms with van der Waals surface area (Å²) in [7, 11) is 0. The van der Waals surface area contributed by atoms with Gasteiger partial charge in [0.2, 0.25) is 11.8 Å². The Morgan fingerprint density at radius 1 is 0.970 bits per heavy atom. The minimum Gasteiger partial charge on any atom is -0.456 e. The molecule has 1 aliphatic rings. The van der Waals surface area contributed by atoms with Gasteiger partial charge in [-0.3, -0.25) is 14.4 Å². The molecular formula is C25H22ClN3O4. The molecule has 3 aromatic rings. The Hall–Kier alpha value is -3.84. The number of ether oxygens (including phenoxy) is 1. The van der Waals surface area contributed by atoms with Gasteiger partial charge in [-0.15, -0.1) is 0 Å². The fourth-order valence-corrected chi connectivity index (χ4v) is 3.62. The SMILES string of the molecule is O=C(CNC(=O)c1ccc(N2CCCC2=O)cc1)Nc1ccc(Oc2ccccc2Cl)cc1. The summed E-state index contributed by atoms with van der Waals surface area (Å²) in [5.41, 5.74) is 1.76. The van der Waals surface area contributed by atoms with Gasteiger partial charge in [0, 0.05) is 29.9 Å². The number of carbonyl (C=O) groups is 3. The molecule has 3 amide bonds. The Morgan fingerprint density at radius 2 is 1.70 bits per heavy atom. The third kappa shape index (κ3) is 5.70. The monoisotopic (exact) mass is 463 g/mol. The number of rotatable bonds is 7. The van der Waals surface area contributed by atoms with E-state index in [4.69, 9.17) is 16.3 Å². The molecule has 0 aromatic heterocycles. The maximum absolute atomic E-state index is 12.3. The first-order chi connectivity index (χ1) is 16.0. The van der Waals surface area contributed by atoms with E-state index in [9.17, 15) is 14.4 Å². The van der Waals surface area contributed by atoms with Gasteiger partial charge >= 0.3 is 0 Å². The standard InChI is InChI=1S/C25H22ClN3O4/c26-21-4-1-2-5-22(21)33-20-13-9-18(10-14-20)28-23(30)16-27-25(32)17-7-11-19(12-8-17)29-15-3-6-24(29)31/h1-2,4-5,7-14H,3,6,15-16H2,(H,27,32)(H,28,30). The number of amides is 3. The van der Waals surface area contributed by atoms with Gasteiger partial charge in [0.25, 0.3) is 5.91 Å². The Kier molecular flexibility index (Phi) is 6.90. The lowest BCUT2D eigenvalue weighted by Gasteiger charge is -2.15. The van der Waals surface area contributed by atoms with Crippen molar-refractivity contribution in [3.05, 3.63) is 83.4 Å². The van der Waals surface area contributed by atoms with Gasteiger partial charge in [0.15, 0.2) is 0 Å². The number of carbonyl (C=O) groups excluding carboxylic acids is 3. The Bertz CT molecular complexity index is 1160. The molecule has 0 saturated carbocycles. The van der Waals surface area contributed by atoms with E-state index in [1.165, 1.54) is 0 Å². The minimum absolute atomic E-state index is 0.0901. The molecule has 0 aliphatic carbocycles. The Balaban J connectivity index is 1.26. The second-order valence-corrected chi connectivity index (χ2v) is 7.89. The highest BCUT2D eigenvalue weighted by Gasteiger charge is 2.21. The molecule has 0 atom stereocenters. The molecule has 33 heavy (non-hydrogen) atoms. The molecule has 8 heteroatoms. The van der Waals surface area contributed by atoms with Gasteiger partial charge in [-0.25, -0.2) is 0 Å². The number of hydrogen-bond donors (Lipinski definition) is 2. The summed E-state index contributed by atoms with van der Waals surface area (Å²) in [5, 5.41) is 5.82. The van der Waals surface area contributed by atoms with Crippen LogP contribution in [0.15, 0.2) is 72.8 Å². The predicted octanol–water partition coefficient (Wildman–Crippen LogP) is 4.63. The Morgan fingerprint density at radius 3 is 2.36 bits per heavy atom. The van der Waals surface area contributed by atoms with Crippen LogP contribution in [0.3, 0.4) is 0 Å². The average molecular weight is 464 g/mol. The van der Waals surface area contributed by atoms with Crippen LogP contribution in [-0.2, 0) is 9.59 Å². The number of hydrogen-bond acceptors (Lipinski definition) is 4. The number of nitrogens with zero attached hydrogens (tertiary/aromatic N) is 1. The largest absolute Gasteiger partial charge is 0.456 e. The fourth-order valence-electron chi connectivity index (χ4n) is 3.44. The molecule has 0 spiro atoms. The van der Waals surface area contributed by atoms with E-state index in [0.717, 1.165) is 12.1 Å². The van der Waals surface area contributed by atoms with Crippen molar-refractivity contribution < 1.29 is 19.1 Å². The van der Waals surface area contributed by atoms with E-state index in [-0.39, 0.29) is 24.3 Å². The molecular weight excluding hydrogens is 442 g/mol. The lowest BCUT2D eigenvalue weighted by atomic mass is 10.2. The van der Waals surface area contributed by atoms with Gasteiger partial charge in [-0.05, 0) is 67.1 Å². The van der Waals surface area contributed by atoms with Crippen molar-refractivity contribution in [2.24, 2.45) is 0 Å². The first-order valence-electron chi connectivity index (χ1n) is 10.5. The minimum atomic E-state index is -0.368. The summed E-state index contributed by atoms with van der Waals surface area (Å²) in [4.78, 5) is 38.1. The zero-order valence-electron chi connectivity index (χ0n) is 17.7. The lowest BCUT2D eigenvalue weighted by molar-refractivity contribution is -0.117. The van der Waals surface area contributed by atoms with Crippen LogP contribution in [0.25, 0.3) is 0 Å². The maximum atomic E-state index is 12.3. The van der Waals surface area contributed by atoms with Crippen molar-refractivity contribution in [3.8, 4) is 11.5 Å².